The van der Waals surface area contributed by atoms with Gasteiger partial charge in [0.15, 0.2) is 0 Å². The van der Waals surface area contributed by atoms with Crippen LogP contribution < -0.4 is 15.5 Å². The minimum absolute atomic E-state index is 0. The van der Waals surface area contributed by atoms with Crippen molar-refractivity contribution < 1.29 is 19.5 Å². The number of hydrogen-bond donors (Lipinski definition) is 0. The smallest absolute Gasteiger partial charge is 0.663 e. The first-order chi connectivity index (χ1) is 25.3. The third-order valence-corrected chi connectivity index (χ3v) is 9.66. The fourth-order valence-corrected chi connectivity index (χ4v) is 7.43. The minimum atomic E-state index is 0. The molecule has 0 amide bonds. The van der Waals surface area contributed by atoms with Crippen molar-refractivity contribution in [3.63, 3.8) is 0 Å². The van der Waals surface area contributed by atoms with Gasteiger partial charge in [-0.3, -0.25) is 9.97 Å². The minimum Gasteiger partial charge on any atom is -0.663 e. The molecule has 0 bridgehead atoms. The van der Waals surface area contributed by atoms with E-state index in [2.05, 4.69) is 111 Å². The average Bonchev–Trinajstić information content (AvgIpc) is 3.83. The third kappa shape index (κ3) is 5.09. The second kappa shape index (κ2) is 13.0. The number of hydrogen-bond acceptors (Lipinski definition) is 3. The van der Waals surface area contributed by atoms with Gasteiger partial charge >= 0.3 is 19.5 Å². The molecule has 240 valence electrons. The first kappa shape index (κ1) is 31.5. The van der Waals surface area contributed by atoms with Gasteiger partial charge in [0.05, 0.1) is 22.4 Å². The molecule has 5 heterocycles. The summed E-state index contributed by atoms with van der Waals surface area (Å²) in [5.41, 5.74) is 6.17. The Labute approximate surface area is 310 Å². The SMILES string of the molecule is [Zn+2].c1ccc(-n2c3cccnc3c3c4c(ccc32)c2ccccc2c2cc[n-]c24)cc1.c1ccc2c(N=c3[n-]ccc4ccccc34)nccc2c1. The summed E-state index contributed by atoms with van der Waals surface area (Å²) in [6.45, 7) is 0. The molecule has 6 aromatic carbocycles. The van der Waals surface area contributed by atoms with Crippen LogP contribution in [0.25, 0.3) is 81.6 Å². The second-order valence-corrected chi connectivity index (χ2v) is 12.5. The molecule has 0 spiro atoms. The van der Waals surface area contributed by atoms with Crippen molar-refractivity contribution in [3.05, 3.63) is 176 Å². The second-order valence-electron chi connectivity index (χ2n) is 12.5. The molecule has 0 aliphatic rings. The number of pyridine rings is 3. The van der Waals surface area contributed by atoms with E-state index in [0.717, 1.165) is 49.3 Å². The number of rotatable bonds is 2. The van der Waals surface area contributed by atoms with E-state index in [9.17, 15) is 0 Å². The number of aromatic nitrogens is 5. The van der Waals surface area contributed by atoms with Crippen molar-refractivity contribution in [1.29, 1.82) is 0 Å². The van der Waals surface area contributed by atoms with Gasteiger partial charge in [-0.1, -0.05) is 115 Å². The Kier molecular flexibility index (Phi) is 7.91. The summed E-state index contributed by atoms with van der Waals surface area (Å²) in [5, 5.41) is 11.6. The van der Waals surface area contributed by atoms with Crippen LogP contribution in [-0.4, -0.2) is 14.5 Å². The van der Waals surface area contributed by atoms with Crippen LogP contribution in [0, 0.1) is 0 Å². The molecule has 0 atom stereocenters. The quantitative estimate of drug-likeness (QED) is 0.132. The molecule has 7 heteroatoms. The van der Waals surface area contributed by atoms with Crippen LogP contribution in [0.1, 0.15) is 0 Å². The monoisotopic (exact) mass is 716 g/mol. The van der Waals surface area contributed by atoms with Gasteiger partial charge in [-0.15, -0.1) is 5.52 Å². The molecule has 0 saturated carbocycles. The van der Waals surface area contributed by atoms with Crippen LogP contribution in [0.3, 0.4) is 0 Å². The summed E-state index contributed by atoms with van der Waals surface area (Å²) in [6.07, 6.45) is 7.37. The van der Waals surface area contributed by atoms with Crippen molar-refractivity contribution in [2.75, 3.05) is 0 Å². The topological polar surface area (TPSA) is 71.3 Å². The molecule has 52 heavy (non-hydrogen) atoms. The largest absolute Gasteiger partial charge is 2.00 e. The van der Waals surface area contributed by atoms with Crippen LogP contribution >= 0.6 is 0 Å². The Morgan fingerprint density at radius 3 is 1.98 bits per heavy atom. The number of fused-ring (bicyclic) bond motifs is 12. The van der Waals surface area contributed by atoms with Gasteiger partial charge in [0, 0.05) is 28.9 Å². The molecular weight excluding hydrogens is 690 g/mol. The van der Waals surface area contributed by atoms with Crippen LogP contribution in [-0.2, 0) is 19.5 Å². The van der Waals surface area contributed by atoms with E-state index in [4.69, 9.17) is 9.97 Å². The molecule has 0 saturated heterocycles. The van der Waals surface area contributed by atoms with Crippen molar-refractivity contribution >= 4 is 81.7 Å². The average molecular weight is 718 g/mol. The first-order valence-corrected chi connectivity index (χ1v) is 16.9. The molecule has 0 fully saturated rings. The summed E-state index contributed by atoms with van der Waals surface area (Å²) in [6, 6.07) is 50.1. The van der Waals surface area contributed by atoms with E-state index in [1.807, 2.05) is 67.0 Å². The summed E-state index contributed by atoms with van der Waals surface area (Å²) in [5.74, 6) is 0.706. The fraction of sp³-hybridized carbons (Fsp3) is 0. The maximum Gasteiger partial charge on any atom is 2.00 e. The normalized spacial score (nSPS) is 11.8. The Morgan fingerprint density at radius 2 is 1.15 bits per heavy atom. The molecular formula is C45H28N6Zn. The molecule has 6 nitrogen and oxygen atoms in total. The van der Waals surface area contributed by atoms with E-state index in [0.29, 0.717) is 11.3 Å². The van der Waals surface area contributed by atoms with Gasteiger partial charge in [-0.05, 0) is 85.0 Å². The molecule has 0 N–H and O–H groups in total. The predicted octanol–water partition coefficient (Wildman–Crippen LogP) is 10.2. The fourth-order valence-electron chi connectivity index (χ4n) is 7.43. The van der Waals surface area contributed by atoms with Crippen molar-refractivity contribution in [2.24, 2.45) is 4.99 Å². The number of nitrogens with zero attached hydrogens (tertiary/aromatic N) is 6. The summed E-state index contributed by atoms with van der Waals surface area (Å²) in [7, 11) is 0. The van der Waals surface area contributed by atoms with E-state index >= 15 is 0 Å². The Morgan fingerprint density at radius 1 is 0.462 bits per heavy atom. The zero-order valence-corrected chi connectivity index (χ0v) is 31.0. The maximum absolute atomic E-state index is 4.83. The van der Waals surface area contributed by atoms with Gasteiger partial charge in [-0.2, -0.15) is 6.20 Å². The van der Waals surface area contributed by atoms with E-state index < -0.39 is 0 Å². The van der Waals surface area contributed by atoms with Gasteiger partial charge in [0.2, 0.25) is 0 Å². The van der Waals surface area contributed by atoms with Gasteiger partial charge in [0.1, 0.15) is 0 Å². The number of benzene rings is 6. The maximum atomic E-state index is 4.83. The van der Waals surface area contributed by atoms with Crippen LogP contribution in [0.5, 0.6) is 0 Å². The Balaban J connectivity index is 0.000000145. The molecule has 0 aliphatic heterocycles. The third-order valence-electron chi connectivity index (χ3n) is 9.66. The summed E-state index contributed by atoms with van der Waals surface area (Å²) in [4.78, 5) is 23.1. The first-order valence-electron chi connectivity index (χ1n) is 16.9. The zero-order valence-electron chi connectivity index (χ0n) is 28.1. The van der Waals surface area contributed by atoms with E-state index in [-0.39, 0.29) is 19.5 Å². The zero-order chi connectivity index (χ0) is 33.7. The van der Waals surface area contributed by atoms with Crippen molar-refractivity contribution in [3.8, 4) is 5.69 Å². The number of para-hydroxylation sites is 1. The van der Waals surface area contributed by atoms with E-state index in [1.54, 1.807) is 12.4 Å². The van der Waals surface area contributed by atoms with E-state index in [1.165, 1.54) is 32.3 Å². The predicted molar refractivity (Wildman–Crippen MR) is 209 cm³/mol. The molecule has 11 aromatic rings. The Bertz CT molecular complexity index is 3150. The van der Waals surface area contributed by atoms with Crippen LogP contribution in [0.2, 0.25) is 0 Å². The molecule has 5 aromatic heterocycles. The van der Waals surface area contributed by atoms with Gasteiger partial charge < -0.3 is 19.5 Å². The van der Waals surface area contributed by atoms with Crippen LogP contribution in [0.15, 0.2) is 175 Å². The summed E-state index contributed by atoms with van der Waals surface area (Å²) < 4.78 is 2.31. The standard InChI is InChI=1S/C27H16N3.C18H12N3.Zn/c1-2-7-17(8-3-1)30-22-13-12-20-18-9-4-5-10-19(18)21-14-16-29-26(21)24(20)25(22)27-23(30)11-6-15-28-27;1-3-7-15-13(5-1)9-11-19-17(15)21-18-16-8-4-2-6-14(16)10-12-20-18;/h1-16H;1-12H;/q2*-1;+2. The van der Waals surface area contributed by atoms with Gasteiger partial charge in [-0.25, -0.2) is 0 Å². The van der Waals surface area contributed by atoms with Crippen molar-refractivity contribution in [1.82, 2.24) is 24.5 Å². The molecule has 0 unspecified atom stereocenters. The van der Waals surface area contributed by atoms with Crippen LogP contribution in [0.4, 0.5) is 5.82 Å². The van der Waals surface area contributed by atoms with Crippen molar-refractivity contribution in [2.45, 2.75) is 0 Å². The van der Waals surface area contributed by atoms with Gasteiger partial charge in [0.25, 0.3) is 0 Å². The summed E-state index contributed by atoms with van der Waals surface area (Å²) >= 11 is 0. The molecule has 0 aliphatic carbocycles. The Hall–Kier alpha value is -6.43. The molecule has 11 rings (SSSR count). The molecule has 0 radical (unpaired) electrons.